The van der Waals surface area contributed by atoms with E-state index in [4.69, 9.17) is 4.42 Å². The van der Waals surface area contributed by atoms with E-state index >= 15 is 0 Å². The van der Waals surface area contributed by atoms with Gasteiger partial charge in [0.15, 0.2) is 5.78 Å². The average Bonchev–Trinajstić information content (AvgIpc) is 2.57. The van der Waals surface area contributed by atoms with Gasteiger partial charge in [-0.1, -0.05) is 0 Å². The molecule has 140 valence electrons. The summed E-state index contributed by atoms with van der Waals surface area (Å²) in [5.74, 6) is -3.70. The standard InChI is InChI=1S/C20H12O8/c1-7-2-11(23)17-18(15(7)13-5-9(22)6-14(25)28-13)19(26)10-3-8(21)4-12(24)16(10)20(17)27/h2-6,21-24H,1H3. The molecule has 0 fully saturated rings. The third kappa shape index (κ3) is 2.35. The van der Waals surface area contributed by atoms with Crippen LogP contribution >= 0.6 is 0 Å². The van der Waals surface area contributed by atoms with E-state index < -0.39 is 40.2 Å². The highest BCUT2D eigenvalue weighted by molar-refractivity contribution is 6.32. The van der Waals surface area contributed by atoms with Crippen LogP contribution in [0.25, 0.3) is 11.3 Å². The Morgan fingerprint density at radius 1 is 0.679 bits per heavy atom. The van der Waals surface area contributed by atoms with Crippen molar-refractivity contribution in [1.29, 1.82) is 0 Å². The number of fused-ring (bicyclic) bond motifs is 2. The molecule has 0 atom stereocenters. The normalized spacial score (nSPS) is 12.6. The Hall–Kier alpha value is -4.07. The van der Waals surface area contributed by atoms with E-state index in [1.54, 1.807) is 0 Å². The number of phenols is 3. The summed E-state index contributed by atoms with van der Waals surface area (Å²) in [7, 11) is 0. The van der Waals surface area contributed by atoms with E-state index in [0.717, 1.165) is 24.3 Å². The lowest BCUT2D eigenvalue weighted by atomic mass is 9.79. The van der Waals surface area contributed by atoms with E-state index in [1.165, 1.54) is 13.0 Å². The highest BCUT2D eigenvalue weighted by atomic mass is 16.4. The third-order valence-electron chi connectivity index (χ3n) is 4.53. The van der Waals surface area contributed by atoms with Gasteiger partial charge in [-0.05, 0) is 24.6 Å². The van der Waals surface area contributed by atoms with Crippen molar-refractivity contribution in [1.82, 2.24) is 0 Å². The quantitative estimate of drug-likeness (QED) is 0.393. The second-order valence-corrected chi connectivity index (χ2v) is 6.38. The highest BCUT2D eigenvalue weighted by Crippen LogP contribution is 2.43. The highest BCUT2D eigenvalue weighted by Gasteiger charge is 2.38. The summed E-state index contributed by atoms with van der Waals surface area (Å²) in [6.07, 6.45) is 0. The lowest BCUT2D eigenvalue weighted by Crippen LogP contribution is -2.23. The molecule has 0 saturated heterocycles. The van der Waals surface area contributed by atoms with Crippen molar-refractivity contribution in [3.63, 3.8) is 0 Å². The summed E-state index contributed by atoms with van der Waals surface area (Å²) in [4.78, 5) is 37.8. The first-order valence-corrected chi connectivity index (χ1v) is 8.05. The average molecular weight is 380 g/mol. The smallest absolute Gasteiger partial charge is 0.339 e. The van der Waals surface area contributed by atoms with E-state index in [2.05, 4.69) is 0 Å². The molecule has 0 spiro atoms. The maximum atomic E-state index is 13.2. The number of ketones is 2. The second-order valence-electron chi connectivity index (χ2n) is 6.38. The van der Waals surface area contributed by atoms with Crippen molar-refractivity contribution in [2.75, 3.05) is 0 Å². The van der Waals surface area contributed by atoms with Crippen LogP contribution in [-0.4, -0.2) is 32.0 Å². The molecule has 2 aromatic carbocycles. The van der Waals surface area contributed by atoms with E-state index in [1.807, 2.05) is 0 Å². The van der Waals surface area contributed by atoms with E-state index in [0.29, 0.717) is 5.56 Å². The monoisotopic (exact) mass is 380 g/mol. The molecule has 0 amide bonds. The lowest BCUT2D eigenvalue weighted by Gasteiger charge is -2.23. The van der Waals surface area contributed by atoms with Gasteiger partial charge in [0.25, 0.3) is 0 Å². The molecule has 1 aliphatic carbocycles. The Morgan fingerprint density at radius 2 is 1.32 bits per heavy atom. The SMILES string of the molecule is Cc1cc(O)c2c(c1-c1cc(O)cc(=O)o1)C(=O)c1cc(O)cc(O)c1C2=O. The third-order valence-corrected chi connectivity index (χ3v) is 4.53. The molecule has 8 heteroatoms. The molecule has 4 rings (SSSR count). The summed E-state index contributed by atoms with van der Waals surface area (Å²) < 4.78 is 5.09. The van der Waals surface area contributed by atoms with Crippen molar-refractivity contribution in [3.05, 3.63) is 68.6 Å². The summed E-state index contributed by atoms with van der Waals surface area (Å²) in [6.45, 7) is 1.52. The van der Waals surface area contributed by atoms with Crippen LogP contribution in [0.4, 0.5) is 0 Å². The molecule has 0 unspecified atom stereocenters. The Balaban J connectivity index is 2.13. The minimum absolute atomic E-state index is 0.0348. The van der Waals surface area contributed by atoms with Crippen LogP contribution in [-0.2, 0) is 0 Å². The molecule has 1 heterocycles. The number of benzene rings is 2. The Kier molecular flexibility index (Phi) is 3.54. The number of aromatic hydroxyl groups is 4. The molecule has 0 radical (unpaired) electrons. The molecule has 4 N–H and O–H groups in total. The summed E-state index contributed by atoms with van der Waals surface area (Å²) in [6, 6.07) is 5.10. The van der Waals surface area contributed by atoms with Gasteiger partial charge < -0.3 is 24.8 Å². The predicted octanol–water partition coefficient (Wildman–Crippen LogP) is 2.21. The molecule has 3 aromatic rings. The molecule has 8 nitrogen and oxygen atoms in total. The first-order chi connectivity index (χ1) is 13.2. The molecular weight excluding hydrogens is 368 g/mol. The molecule has 1 aliphatic rings. The molecule has 28 heavy (non-hydrogen) atoms. The number of hydrogen-bond donors (Lipinski definition) is 4. The van der Waals surface area contributed by atoms with Crippen molar-refractivity contribution in [3.8, 4) is 34.3 Å². The van der Waals surface area contributed by atoms with Gasteiger partial charge in [-0.25, -0.2) is 4.79 Å². The van der Waals surface area contributed by atoms with Crippen LogP contribution in [0.1, 0.15) is 37.4 Å². The van der Waals surface area contributed by atoms with Crippen molar-refractivity contribution in [2.24, 2.45) is 0 Å². The van der Waals surface area contributed by atoms with Crippen LogP contribution < -0.4 is 5.63 Å². The fourth-order valence-corrected chi connectivity index (χ4v) is 3.45. The van der Waals surface area contributed by atoms with Crippen molar-refractivity contribution < 1.29 is 34.4 Å². The zero-order chi connectivity index (χ0) is 20.3. The van der Waals surface area contributed by atoms with Gasteiger partial charge >= 0.3 is 5.63 Å². The topological polar surface area (TPSA) is 145 Å². The van der Waals surface area contributed by atoms with Crippen LogP contribution in [0.3, 0.4) is 0 Å². The summed E-state index contributed by atoms with van der Waals surface area (Å²) >= 11 is 0. The Morgan fingerprint density at radius 3 is 2.00 bits per heavy atom. The maximum Gasteiger partial charge on any atom is 0.339 e. The predicted molar refractivity (Wildman–Crippen MR) is 95.1 cm³/mol. The van der Waals surface area contributed by atoms with Gasteiger partial charge in [-0.15, -0.1) is 0 Å². The Labute approximate surface area is 156 Å². The first kappa shape index (κ1) is 17.3. The molecule has 1 aromatic heterocycles. The largest absolute Gasteiger partial charge is 0.508 e. The number of aryl methyl sites for hydroxylation is 1. The van der Waals surface area contributed by atoms with Gasteiger partial charge in [0.1, 0.15) is 28.8 Å². The molecule has 0 saturated carbocycles. The van der Waals surface area contributed by atoms with Gasteiger partial charge in [0.2, 0.25) is 5.78 Å². The second kappa shape index (κ2) is 5.71. The van der Waals surface area contributed by atoms with Gasteiger partial charge in [0, 0.05) is 28.8 Å². The number of rotatable bonds is 1. The fourth-order valence-electron chi connectivity index (χ4n) is 3.45. The fraction of sp³-hybridized carbons (Fsp3) is 0.0500. The minimum Gasteiger partial charge on any atom is -0.508 e. The van der Waals surface area contributed by atoms with Gasteiger partial charge in [-0.3, -0.25) is 9.59 Å². The molecule has 0 bridgehead atoms. The van der Waals surface area contributed by atoms with Crippen LogP contribution in [0.5, 0.6) is 23.0 Å². The molecule has 0 aliphatic heterocycles. The molecular formula is C20H12O8. The number of carbonyl (C=O) groups excluding carboxylic acids is 2. The minimum atomic E-state index is -0.874. The number of phenolic OH excluding ortho intramolecular Hbond substituents is 3. The maximum absolute atomic E-state index is 13.2. The van der Waals surface area contributed by atoms with E-state index in [-0.39, 0.29) is 33.6 Å². The zero-order valence-electron chi connectivity index (χ0n) is 14.3. The first-order valence-electron chi connectivity index (χ1n) is 8.05. The Bertz CT molecular complexity index is 1270. The summed E-state index contributed by atoms with van der Waals surface area (Å²) in [5, 5.41) is 39.8. The summed E-state index contributed by atoms with van der Waals surface area (Å²) in [5.41, 5.74) is -1.77. The van der Waals surface area contributed by atoms with Crippen molar-refractivity contribution >= 4 is 11.6 Å². The zero-order valence-corrected chi connectivity index (χ0v) is 14.3. The number of hydrogen-bond acceptors (Lipinski definition) is 8. The number of carbonyl (C=O) groups is 2. The van der Waals surface area contributed by atoms with Gasteiger partial charge in [0.05, 0.1) is 17.2 Å². The lowest BCUT2D eigenvalue weighted by molar-refractivity contribution is 0.0974. The van der Waals surface area contributed by atoms with Crippen molar-refractivity contribution in [2.45, 2.75) is 6.92 Å². The van der Waals surface area contributed by atoms with Crippen LogP contribution in [0, 0.1) is 6.92 Å². The van der Waals surface area contributed by atoms with E-state index in [9.17, 15) is 34.8 Å². The van der Waals surface area contributed by atoms with Crippen LogP contribution in [0.2, 0.25) is 0 Å². The van der Waals surface area contributed by atoms with Gasteiger partial charge in [-0.2, -0.15) is 0 Å². The van der Waals surface area contributed by atoms with Crippen LogP contribution in [0.15, 0.2) is 39.5 Å².